The van der Waals surface area contributed by atoms with Crippen LogP contribution in [-0.2, 0) is 16.1 Å². The molecule has 0 aliphatic carbocycles. The van der Waals surface area contributed by atoms with Crippen molar-refractivity contribution in [1.29, 1.82) is 0 Å². The number of benzene rings is 1. The average Bonchev–Trinajstić information content (AvgIpc) is 2.60. The van der Waals surface area contributed by atoms with Crippen molar-refractivity contribution >= 4 is 29.3 Å². The van der Waals surface area contributed by atoms with Crippen molar-refractivity contribution in [2.75, 3.05) is 19.0 Å². The quantitative estimate of drug-likeness (QED) is 0.454. The Morgan fingerprint density at radius 1 is 1.32 bits per heavy atom. The third-order valence-corrected chi connectivity index (χ3v) is 3.75. The highest BCUT2D eigenvalue weighted by atomic mass is 35.5. The fraction of sp³-hybridized carbons (Fsp3) is 0.263. The number of ether oxygens (including phenoxy) is 2. The van der Waals surface area contributed by atoms with Gasteiger partial charge in [0.25, 0.3) is 0 Å². The Labute approximate surface area is 152 Å². The summed E-state index contributed by atoms with van der Waals surface area (Å²) in [4.78, 5) is 15.9. The van der Waals surface area contributed by atoms with Crippen LogP contribution < -0.4 is 10.1 Å². The minimum atomic E-state index is -0.437. The predicted molar refractivity (Wildman–Crippen MR) is 100.0 cm³/mol. The molecule has 0 bridgehead atoms. The van der Waals surface area contributed by atoms with Gasteiger partial charge in [-0.05, 0) is 25.5 Å². The molecule has 0 unspecified atom stereocenters. The van der Waals surface area contributed by atoms with Crippen LogP contribution in [0.1, 0.15) is 23.7 Å². The van der Waals surface area contributed by atoms with Crippen LogP contribution in [-0.4, -0.2) is 24.6 Å². The standard InChI is InChI=1S/C19H21ClN2O3/c1-4-24-16(23)11-10-15-17(21-3)18(13(2)22-19(15)20)25-12-14-8-6-5-7-9-14/h5-11H,4,12H2,1-3H3,(H,21,22). The first-order valence-electron chi connectivity index (χ1n) is 7.96. The zero-order valence-electron chi connectivity index (χ0n) is 14.5. The summed E-state index contributed by atoms with van der Waals surface area (Å²) in [6.07, 6.45) is 2.90. The number of anilines is 1. The van der Waals surface area contributed by atoms with E-state index in [1.165, 1.54) is 6.08 Å². The summed E-state index contributed by atoms with van der Waals surface area (Å²) in [7, 11) is 1.77. The van der Waals surface area contributed by atoms with Crippen LogP contribution in [0.15, 0.2) is 36.4 Å². The molecule has 0 aliphatic heterocycles. The Kier molecular flexibility index (Phi) is 6.83. The van der Waals surface area contributed by atoms with Gasteiger partial charge < -0.3 is 14.8 Å². The summed E-state index contributed by atoms with van der Waals surface area (Å²) in [5, 5.41) is 3.37. The maximum absolute atomic E-state index is 11.6. The second-order valence-electron chi connectivity index (χ2n) is 5.22. The fourth-order valence-corrected chi connectivity index (χ4v) is 2.60. The van der Waals surface area contributed by atoms with Crippen LogP contribution in [0.3, 0.4) is 0 Å². The lowest BCUT2D eigenvalue weighted by molar-refractivity contribution is -0.137. The molecule has 2 aromatic rings. The third kappa shape index (κ3) is 4.97. The molecular formula is C19H21ClN2O3. The van der Waals surface area contributed by atoms with Gasteiger partial charge in [0.05, 0.1) is 18.0 Å². The van der Waals surface area contributed by atoms with Crippen LogP contribution in [0.5, 0.6) is 5.75 Å². The molecule has 6 heteroatoms. The monoisotopic (exact) mass is 360 g/mol. The largest absolute Gasteiger partial charge is 0.485 e. The van der Waals surface area contributed by atoms with Crippen LogP contribution in [0.4, 0.5) is 5.69 Å². The van der Waals surface area contributed by atoms with Gasteiger partial charge in [0.2, 0.25) is 0 Å². The fourth-order valence-electron chi connectivity index (χ4n) is 2.31. The van der Waals surface area contributed by atoms with E-state index in [1.54, 1.807) is 20.0 Å². The summed E-state index contributed by atoms with van der Waals surface area (Å²) >= 11 is 6.25. The van der Waals surface area contributed by atoms with Gasteiger partial charge in [-0.3, -0.25) is 0 Å². The smallest absolute Gasteiger partial charge is 0.330 e. The van der Waals surface area contributed by atoms with Crippen molar-refractivity contribution in [3.8, 4) is 5.75 Å². The molecule has 0 saturated heterocycles. The van der Waals surface area contributed by atoms with Gasteiger partial charge in [0, 0.05) is 18.7 Å². The first-order valence-corrected chi connectivity index (χ1v) is 8.34. The SMILES string of the molecule is CCOC(=O)C=Cc1c(Cl)nc(C)c(OCc2ccccc2)c1NC. The normalized spacial score (nSPS) is 10.7. The van der Waals surface area contributed by atoms with Crippen LogP contribution in [0.2, 0.25) is 5.15 Å². The van der Waals surface area contributed by atoms with E-state index in [4.69, 9.17) is 21.1 Å². The Hall–Kier alpha value is -2.53. The molecule has 0 radical (unpaired) electrons. The number of esters is 1. The van der Waals surface area contributed by atoms with Crippen molar-refractivity contribution in [3.05, 3.63) is 58.4 Å². The molecule has 5 nitrogen and oxygen atoms in total. The first kappa shape index (κ1) is 18.8. The summed E-state index contributed by atoms with van der Waals surface area (Å²) in [6.45, 7) is 4.29. The van der Waals surface area contributed by atoms with E-state index in [0.29, 0.717) is 35.9 Å². The maximum atomic E-state index is 11.6. The van der Waals surface area contributed by atoms with E-state index < -0.39 is 5.97 Å². The lowest BCUT2D eigenvalue weighted by atomic mass is 10.1. The molecule has 0 spiro atoms. The second-order valence-corrected chi connectivity index (χ2v) is 5.57. The minimum Gasteiger partial charge on any atom is -0.485 e. The number of rotatable bonds is 7. The average molecular weight is 361 g/mol. The van der Waals surface area contributed by atoms with Crippen molar-refractivity contribution in [3.63, 3.8) is 0 Å². The van der Waals surface area contributed by atoms with Crippen LogP contribution in [0.25, 0.3) is 6.08 Å². The number of nitrogens with zero attached hydrogens (tertiary/aromatic N) is 1. The van der Waals surface area contributed by atoms with Crippen LogP contribution in [0, 0.1) is 6.92 Å². The molecule has 0 fully saturated rings. The highest BCUT2D eigenvalue weighted by molar-refractivity contribution is 6.31. The molecule has 1 aromatic carbocycles. The number of halogens is 1. The Balaban J connectivity index is 2.32. The van der Waals surface area contributed by atoms with Gasteiger partial charge in [-0.25, -0.2) is 9.78 Å². The molecule has 25 heavy (non-hydrogen) atoms. The van der Waals surface area contributed by atoms with Gasteiger partial charge in [-0.15, -0.1) is 0 Å². The van der Waals surface area contributed by atoms with Crippen molar-refractivity contribution in [2.24, 2.45) is 0 Å². The van der Waals surface area contributed by atoms with Gasteiger partial charge in [-0.1, -0.05) is 41.9 Å². The summed E-state index contributed by atoms with van der Waals surface area (Å²) in [5.74, 6) is 0.159. The molecular weight excluding hydrogens is 340 g/mol. The molecule has 0 atom stereocenters. The molecule has 132 valence electrons. The summed E-state index contributed by atoms with van der Waals surface area (Å²) < 4.78 is 10.9. The van der Waals surface area contributed by atoms with E-state index in [2.05, 4.69) is 10.3 Å². The summed E-state index contributed by atoms with van der Waals surface area (Å²) in [5.41, 5.74) is 2.96. The highest BCUT2D eigenvalue weighted by Gasteiger charge is 2.16. The summed E-state index contributed by atoms with van der Waals surface area (Å²) in [6, 6.07) is 9.84. The highest BCUT2D eigenvalue weighted by Crippen LogP contribution is 2.36. The zero-order valence-corrected chi connectivity index (χ0v) is 15.3. The zero-order chi connectivity index (χ0) is 18.2. The molecule has 2 rings (SSSR count). The lowest BCUT2D eigenvalue weighted by Crippen LogP contribution is -2.05. The van der Waals surface area contributed by atoms with E-state index >= 15 is 0 Å². The molecule has 0 aliphatic rings. The van der Waals surface area contributed by atoms with Crippen molar-refractivity contribution in [2.45, 2.75) is 20.5 Å². The lowest BCUT2D eigenvalue weighted by Gasteiger charge is -2.17. The number of aromatic nitrogens is 1. The topological polar surface area (TPSA) is 60.5 Å². The predicted octanol–water partition coefficient (Wildman–Crippen LogP) is 4.24. The first-order chi connectivity index (χ1) is 12.1. The number of nitrogens with one attached hydrogen (secondary N) is 1. The Bertz CT molecular complexity index is 761. The number of aryl methyl sites for hydroxylation is 1. The molecule has 0 saturated carbocycles. The third-order valence-electron chi connectivity index (χ3n) is 3.46. The van der Waals surface area contributed by atoms with Crippen LogP contribution >= 0.6 is 11.6 Å². The van der Waals surface area contributed by atoms with Gasteiger partial charge >= 0.3 is 5.97 Å². The van der Waals surface area contributed by atoms with Gasteiger partial charge in [0.15, 0.2) is 5.75 Å². The van der Waals surface area contributed by atoms with Gasteiger partial charge in [-0.2, -0.15) is 0 Å². The Morgan fingerprint density at radius 2 is 2.04 bits per heavy atom. The number of pyridine rings is 1. The molecule has 0 amide bonds. The molecule has 1 aromatic heterocycles. The van der Waals surface area contributed by atoms with Crippen molar-refractivity contribution < 1.29 is 14.3 Å². The number of hydrogen-bond donors (Lipinski definition) is 1. The second kappa shape index (κ2) is 9.08. The van der Waals surface area contributed by atoms with E-state index in [1.807, 2.05) is 37.3 Å². The van der Waals surface area contributed by atoms with Crippen molar-refractivity contribution in [1.82, 2.24) is 4.98 Å². The Morgan fingerprint density at radius 3 is 2.68 bits per heavy atom. The molecule has 1 heterocycles. The van der Waals surface area contributed by atoms with E-state index in [0.717, 1.165) is 5.56 Å². The van der Waals surface area contributed by atoms with E-state index in [-0.39, 0.29) is 5.15 Å². The number of carbonyl (C=O) groups excluding carboxylic acids is 1. The van der Waals surface area contributed by atoms with Gasteiger partial charge in [0.1, 0.15) is 11.8 Å². The molecule has 1 N–H and O–H groups in total. The number of carbonyl (C=O) groups is 1. The number of hydrogen-bond acceptors (Lipinski definition) is 5. The maximum Gasteiger partial charge on any atom is 0.330 e. The van der Waals surface area contributed by atoms with E-state index in [9.17, 15) is 4.79 Å². The minimum absolute atomic E-state index is 0.287.